The molecule has 0 fully saturated rings. The van der Waals surface area contributed by atoms with Crippen molar-refractivity contribution < 1.29 is 9.53 Å². The highest BCUT2D eigenvalue weighted by molar-refractivity contribution is 5.72. The van der Waals surface area contributed by atoms with Crippen molar-refractivity contribution in [2.75, 3.05) is 0 Å². The number of rotatable bonds is 8. The molecule has 0 spiro atoms. The van der Waals surface area contributed by atoms with E-state index < -0.39 is 0 Å². The summed E-state index contributed by atoms with van der Waals surface area (Å²) >= 11 is 0. The number of benzene rings is 1. The second kappa shape index (κ2) is 9.13. The first kappa shape index (κ1) is 16.2. The lowest BCUT2D eigenvalue weighted by atomic mass is 10.0. The maximum Gasteiger partial charge on any atom is 0.310 e. The van der Waals surface area contributed by atoms with E-state index in [0.717, 1.165) is 18.4 Å². The van der Waals surface area contributed by atoms with Crippen LogP contribution in [-0.2, 0) is 16.0 Å². The Kier molecular flexibility index (Phi) is 7.41. The van der Waals surface area contributed by atoms with E-state index in [2.05, 4.69) is 19.6 Å². The van der Waals surface area contributed by atoms with Gasteiger partial charge in [0.2, 0.25) is 0 Å². The molecule has 2 heteroatoms. The lowest BCUT2D eigenvalue weighted by Crippen LogP contribution is -2.14. The first-order chi connectivity index (χ1) is 9.61. The normalized spacial score (nSPS) is 13.9. The Balaban J connectivity index is 2.31. The summed E-state index contributed by atoms with van der Waals surface area (Å²) in [6, 6.07) is 9.64. The van der Waals surface area contributed by atoms with E-state index >= 15 is 0 Å². The van der Waals surface area contributed by atoms with Crippen LogP contribution in [-0.4, -0.2) is 12.1 Å². The van der Waals surface area contributed by atoms with E-state index in [9.17, 15) is 4.79 Å². The minimum atomic E-state index is -0.188. The smallest absolute Gasteiger partial charge is 0.310 e. The molecule has 0 saturated carbocycles. The van der Waals surface area contributed by atoms with Crippen LogP contribution in [0, 0.1) is 5.92 Å². The van der Waals surface area contributed by atoms with E-state index in [4.69, 9.17) is 4.74 Å². The van der Waals surface area contributed by atoms with Gasteiger partial charge in [-0.15, -0.1) is 6.58 Å². The number of esters is 1. The molecule has 0 N–H and O–H groups in total. The Labute approximate surface area is 122 Å². The average Bonchev–Trinajstić information content (AvgIpc) is 2.39. The Hall–Kier alpha value is -1.83. The van der Waals surface area contributed by atoms with Crippen molar-refractivity contribution in [3.8, 4) is 0 Å². The first-order valence-electron chi connectivity index (χ1n) is 7.12. The van der Waals surface area contributed by atoms with Gasteiger partial charge in [0, 0.05) is 0 Å². The molecule has 0 aliphatic heterocycles. The average molecular weight is 272 g/mol. The molecule has 0 amide bonds. The summed E-state index contributed by atoms with van der Waals surface area (Å²) in [6.45, 7) is 7.79. The molecular formula is C18H24O2. The standard InChI is InChI=1S/C18H24O2/c1-4-9-15(2)10-8-11-16(3)20-18(19)14-17-12-6-5-7-13-17/h4-8,11-13,15-16H,1,9-10,14H2,2-3H3/b11-8+. The highest BCUT2D eigenvalue weighted by Crippen LogP contribution is 2.09. The highest BCUT2D eigenvalue weighted by atomic mass is 16.5. The van der Waals surface area contributed by atoms with Crippen molar-refractivity contribution >= 4 is 5.97 Å². The van der Waals surface area contributed by atoms with Gasteiger partial charge < -0.3 is 4.74 Å². The predicted molar refractivity (Wildman–Crippen MR) is 83.4 cm³/mol. The van der Waals surface area contributed by atoms with Crippen LogP contribution >= 0.6 is 0 Å². The maximum atomic E-state index is 11.8. The molecule has 108 valence electrons. The SMILES string of the molecule is C=CCC(C)C/C=C/C(C)OC(=O)Cc1ccccc1. The zero-order valence-electron chi connectivity index (χ0n) is 12.4. The molecule has 1 aromatic carbocycles. The number of carbonyl (C=O) groups is 1. The molecule has 2 unspecified atom stereocenters. The largest absolute Gasteiger partial charge is 0.458 e. The van der Waals surface area contributed by atoms with Gasteiger partial charge in [0.15, 0.2) is 0 Å². The topological polar surface area (TPSA) is 26.3 Å². The van der Waals surface area contributed by atoms with E-state index in [0.29, 0.717) is 12.3 Å². The molecule has 0 saturated heterocycles. The Morgan fingerprint density at radius 1 is 1.25 bits per heavy atom. The molecule has 0 bridgehead atoms. The van der Waals surface area contributed by atoms with Crippen molar-refractivity contribution in [1.29, 1.82) is 0 Å². The molecule has 0 heterocycles. The molecule has 1 aromatic rings. The third-order valence-electron chi connectivity index (χ3n) is 3.02. The Bertz CT molecular complexity index is 434. The van der Waals surface area contributed by atoms with Crippen molar-refractivity contribution in [2.24, 2.45) is 5.92 Å². The van der Waals surface area contributed by atoms with Crippen LogP contribution in [0.5, 0.6) is 0 Å². The number of ether oxygens (including phenoxy) is 1. The van der Waals surface area contributed by atoms with Gasteiger partial charge >= 0.3 is 5.97 Å². The lowest BCUT2D eigenvalue weighted by Gasteiger charge is -2.10. The fourth-order valence-electron chi connectivity index (χ4n) is 1.93. The first-order valence-corrected chi connectivity index (χ1v) is 7.12. The quantitative estimate of drug-likeness (QED) is 0.520. The van der Waals surface area contributed by atoms with Crippen LogP contribution in [0.4, 0.5) is 0 Å². The van der Waals surface area contributed by atoms with Crippen molar-refractivity contribution in [2.45, 2.75) is 39.2 Å². The van der Waals surface area contributed by atoms with E-state index in [-0.39, 0.29) is 12.1 Å². The maximum absolute atomic E-state index is 11.8. The number of allylic oxidation sites excluding steroid dienone is 2. The van der Waals surface area contributed by atoms with Gasteiger partial charge in [-0.3, -0.25) is 4.79 Å². The summed E-state index contributed by atoms with van der Waals surface area (Å²) in [7, 11) is 0. The van der Waals surface area contributed by atoms with Crippen LogP contribution < -0.4 is 0 Å². The summed E-state index contributed by atoms with van der Waals surface area (Å²) in [5.41, 5.74) is 0.980. The second-order valence-electron chi connectivity index (χ2n) is 5.15. The number of hydrogen-bond acceptors (Lipinski definition) is 2. The summed E-state index contributed by atoms with van der Waals surface area (Å²) in [5, 5.41) is 0. The van der Waals surface area contributed by atoms with E-state index in [1.165, 1.54) is 0 Å². The minimum Gasteiger partial charge on any atom is -0.458 e. The van der Waals surface area contributed by atoms with Gasteiger partial charge in [0.25, 0.3) is 0 Å². The summed E-state index contributed by atoms with van der Waals surface area (Å²) < 4.78 is 5.35. The number of carbonyl (C=O) groups excluding carboxylic acids is 1. The van der Waals surface area contributed by atoms with Gasteiger partial charge in [-0.2, -0.15) is 0 Å². The van der Waals surface area contributed by atoms with Crippen LogP contribution in [0.3, 0.4) is 0 Å². The van der Waals surface area contributed by atoms with Crippen LogP contribution in [0.25, 0.3) is 0 Å². The van der Waals surface area contributed by atoms with Gasteiger partial charge in [0.1, 0.15) is 6.10 Å². The number of hydrogen-bond donors (Lipinski definition) is 0. The van der Waals surface area contributed by atoms with Gasteiger partial charge in [0.05, 0.1) is 6.42 Å². The fourth-order valence-corrected chi connectivity index (χ4v) is 1.93. The van der Waals surface area contributed by atoms with Gasteiger partial charge in [-0.25, -0.2) is 0 Å². The summed E-state index contributed by atoms with van der Waals surface area (Å²) in [6.07, 6.45) is 8.09. The van der Waals surface area contributed by atoms with E-state index in [1.807, 2.05) is 49.4 Å². The monoisotopic (exact) mass is 272 g/mol. The van der Waals surface area contributed by atoms with Gasteiger partial charge in [-0.05, 0) is 37.3 Å². The lowest BCUT2D eigenvalue weighted by molar-refractivity contribution is -0.145. The zero-order chi connectivity index (χ0) is 14.8. The third-order valence-corrected chi connectivity index (χ3v) is 3.02. The molecule has 2 atom stereocenters. The van der Waals surface area contributed by atoms with Crippen LogP contribution in [0.2, 0.25) is 0 Å². The Morgan fingerprint density at radius 2 is 1.95 bits per heavy atom. The summed E-state index contributed by atoms with van der Waals surface area (Å²) in [5.74, 6) is 0.392. The minimum absolute atomic E-state index is 0.179. The third kappa shape index (κ3) is 6.93. The fraction of sp³-hybridized carbons (Fsp3) is 0.389. The second-order valence-corrected chi connectivity index (χ2v) is 5.15. The zero-order valence-corrected chi connectivity index (χ0v) is 12.4. The van der Waals surface area contributed by atoms with Crippen molar-refractivity contribution in [1.82, 2.24) is 0 Å². The van der Waals surface area contributed by atoms with Crippen LogP contribution in [0.15, 0.2) is 55.1 Å². The van der Waals surface area contributed by atoms with Gasteiger partial charge in [-0.1, -0.05) is 49.4 Å². The molecule has 0 aromatic heterocycles. The molecule has 1 rings (SSSR count). The molecule has 2 nitrogen and oxygen atoms in total. The highest BCUT2D eigenvalue weighted by Gasteiger charge is 2.07. The Morgan fingerprint density at radius 3 is 2.60 bits per heavy atom. The molecule has 0 radical (unpaired) electrons. The predicted octanol–water partition coefficient (Wildman–Crippen LogP) is 4.32. The molecular weight excluding hydrogens is 248 g/mol. The molecule has 0 aliphatic carbocycles. The van der Waals surface area contributed by atoms with Crippen molar-refractivity contribution in [3.05, 3.63) is 60.7 Å². The van der Waals surface area contributed by atoms with Crippen molar-refractivity contribution in [3.63, 3.8) is 0 Å². The molecule has 20 heavy (non-hydrogen) atoms. The summed E-state index contributed by atoms with van der Waals surface area (Å²) in [4.78, 5) is 11.8. The van der Waals surface area contributed by atoms with E-state index in [1.54, 1.807) is 0 Å². The molecule has 0 aliphatic rings. The van der Waals surface area contributed by atoms with Crippen LogP contribution in [0.1, 0.15) is 32.3 Å².